The highest BCUT2D eigenvalue weighted by Gasteiger charge is 2.25. The summed E-state index contributed by atoms with van der Waals surface area (Å²) in [6.45, 7) is 1.14. The smallest absolute Gasteiger partial charge is 0.326 e. The van der Waals surface area contributed by atoms with Gasteiger partial charge in [0.1, 0.15) is 6.04 Å². The molecule has 9 heteroatoms. The van der Waals surface area contributed by atoms with Crippen LogP contribution < -0.4 is 5.32 Å². The summed E-state index contributed by atoms with van der Waals surface area (Å²) in [4.78, 5) is 41.1. The van der Waals surface area contributed by atoms with Crippen molar-refractivity contribution in [3.05, 3.63) is 0 Å². The van der Waals surface area contributed by atoms with Crippen molar-refractivity contribution in [2.24, 2.45) is 0 Å². The molecule has 0 saturated carbocycles. The molecule has 2 atom stereocenters. The van der Waals surface area contributed by atoms with E-state index in [1.807, 2.05) is 0 Å². The largest absolute Gasteiger partial charge is 0.481 e. The Morgan fingerprint density at radius 3 is 2.17 bits per heavy atom. The standard InChI is InChI=1S/C9H16NO7P/c1-6(11)10-7(9(14)15)2-4-18(16,17)5-3-8(12)13/h7H,2-5H2,1H3,(H,10,11)(H,12,13)(H,14,15)(H,16,17)/t7-/m1/s1. The molecule has 104 valence electrons. The van der Waals surface area contributed by atoms with Crippen LogP contribution in [0.15, 0.2) is 0 Å². The van der Waals surface area contributed by atoms with Gasteiger partial charge in [-0.05, 0) is 6.42 Å². The summed E-state index contributed by atoms with van der Waals surface area (Å²) in [6.07, 6.45) is -1.43. The van der Waals surface area contributed by atoms with E-state index in [2.05, 4.69) is 5.32 Å². The molecule has 1 unspecified atom stereocenters. The third-order valence-electron chi connectivity index (χ3n) is 2.12. The average molecular weight is 281 g/mol. The maximum atomic E-state index is 11.5. The molecule has 0 bridgehead atoms. The Hall–Kier alpha value is -1.40. The van der Waals surface area contributed by atoms with E-state index < -0.39 is 43.8 Å². The maximum Gasteiger partial charge on any atom is 0.326 e. The molecule has 0 aromatic carbocycles. The SMILES string of the molecule is CC(=O)N[C@H](CCP(=O)(O)CCC(=O)O)C(=O)O. The van der Waals surface area contributed by atoms with E-state index in [-0.39, 0.29) is 12.6 Å². The summed E-state index contributed by atoms with van der Waals surface area (Å²) in [5, 5.41) is 19.3. The van der Waals surface area contributed by atoms with Crippen LogP contribution >= 0.6 is 7.37 Å². The molecule has 0 radical (unpaired) electrons. The summed E-state index contributed by atoms with van der Waals surface area (Å²) < 4.78 is 11.5. The van der Waals surface area contributed by atoms with Crippen LogP contribution in [-0.4, -0.2) is 51.3 Å². The first-order valence-corrected chi connectivity index (χ1v) is 7.19. The molecule has 1 amide bonds. The van der Waals surface area contributed by atoms with Crippen LogP contribution in [0.3, 0.4) is 0 Å². The van der Waals surface area contributed by atoms with Crippen molar-refractivity contribution >= 4 is 25.2 Å². The van der Waals surface area contributed by atoms with Gasteiger partial charge in [0.25, 0.3) is 0 Å². The predicted octanol–water partition coefficient (Wildman–Crippen LogP) is -0.289. The monoisotopic (exact) mass is 281 g/mol. The van der Waals surface area contributed by atoms with Gasteiger partial charge in [-0.3, -0.25) is 14.2 Å². The Kier molecular flexibility index (Phi) is 6.57. The quantitative estimate of drug-likeness (QED) is 0.448. The van der Waals surface area contributed by atoms with E-state index in [9.17, 15) is 23.8 Å². The molecule has 0 saturated heterocycles. The van der Waals surface area contributed by atoms with E-state index in [1.54, 1.807) is 0 Å². The second-order valence-corrected chi connectivity index (χ2v) is 6.40. The molecular weight excluding hydrogens is 265 g/mol. The van der Waals surface area contributed by atoms with Crippen LogP contribution in [0.25, 0.3) is 0 Å². The Labute approximate surface area is 103 Å². The Bertz CT molecular complexity index is 381. The fraction of sp³-hybridized carbons (Fsp3) is 0.667. The number of carboxylic acids is 2. The molecule has 0 aromatic heterocycles. The lowest BCUT2D eigenvalue weighted by atomic mass is 10.2. The summed E-state index contributed by atoms with van der Waals surface area (Å²) in [5.41, 5.74) is 0. The second kappa shape index (κ2) is 7.13. The highest BCUT2D eigenvalue weighted by Crippen LogP contribution is 2.41. The molecule has 0 rings (SSSR count). The van der Waals surface area contributed by atoms with Gasteiger partial charge in [-0.1, -0.05) is 0 Å². The first-order chi connectivity index (χ1) is 8.14. The van der Waals surface area contributed by atoms with Crippen molar-refractivity contribution in [2.45, 2.75) is 25.8 Å². The van der Waals surface area contributed by atoms with Gasteiger partial charge in [0.05, 0.1) is 6.42 Å². The maximum absolute atomic E-state index is 11.5. The van der Waals surface area contributed by atoms with Crippen LogP contribution in [0.5, 0.6) is 0 Å². The molecule has 0 aromatic rings. The molecule has 0 heterocycles. The van der Waals surface area contributed by atoms with Crippen LogP contribution in [0.4, 0.5) is 0 Å². The zero-order valence-electron chi connectivity index (χ0n) is 9.83. The van der Waals surface area contributed by atoms with Gasteiger partial charge in [0.15, 0.2) is 0 Å². The summed E-state index contributed by atoms with van der Waals surface area (Å²) in [7, 11) is -3.68. The molecule has 0 fully saturated rings. The summed E-state index contributed by atoms with van der Waals surface area (Å²) in [6, 6.07) is -1.24. The van der Waals surface area contributed by atoms with Crippen molar-refractivity contribution in [3.8, 4) is 0 Å². The highest BCUT2D eigenvalue weighted by atomic mass is 31.2. The molecule has 18 heavy (non-hydrogen) atoms. The second-order valence-electron chi connectivity index (χ2n) is 3.82. The zero-order valence-corrected chi connectivity index (χ0v) is 10.7. The van der Waals surface area contributed by atoms with E-state index in [4.69, 9.17) is 10.2 Å². The first kappa shape index (κ1) is 16.6. The van der Waals surface area contributed by atoms with Crippen LogP contribution in [0.1, 0.15) is 19.8 Å². The molecule has 4 N–H and O–H groups in total. The van der Waals surface area contributed by atoms with Crippen molar-refractivity contribution in [2.75, 3.05) is 12.3 Å². The number of amides is 1. The van der Waals surface area contributed by atoms with Crippen LogP contribution in [0.2, 0.25) is 0 Å². The van der Waals surface area contributed by atoms with E-state index in [0.29, 0.717) is 0 Å². The molecular formula is C9H16NO7P. The van der Waals surface area contributed by atoms with Crippen LogP contribution in [-0.2, 0) is 18.9 Å². The Morgan fingerprint density at radius 1 is 1.22 bits per heavy atom. The lowest BCUT2D eigenvalue weighted by Gasteiger charge is -2.15. The first-order valence-electron chi connectivity index (χ1n) is 5.16. The minimum absolute atomic E-state index is 0.220. The van der Waals surface area contributed by atoms with E-state index in [1.165, 1.54) is 0 Å². The summed E-state index contributed by atoms with van der Waals surface area (Å²) in [5.74, 6) is -3.05. The van der Waals surface area contributed by atoms with Gasteiger partial charge in [-0.25, -0.2) is 4.79 Å². The minimum atomic E-state index is -3.68. The molecule has 0 aliphatic rings. The van der Waals surface area contributed by atoms with E-state index >= 15 is 0 Å². The zero-order chi connectivity index (χ0) is 14.3. The fourth-order valence-corrected chi connectivity index (χ4v) is 2.64. The molecule has 0 aliphatic heterocycles. The van der Waals surface area contributed by atoms with Crippen molar-refractivity contribution < 1.29 is 34.1 Å². The number of carboxylic acid groups (broad SMARTS) is 2. The number of carbonyl (C=O) groups is 3. The molecule has 0 spiro atoms. The average Bonchev–Trinajstić information content (AvgIpc) is 2.21. The Balaban J connectivity index is 4.32. The van der Waals surface area contributed by atoms with E-state index in [0.717, 1.165) is 6.92 Å². The van der Waals surface area contributed by atoms with Gasteiger partial charge < -0.3 is 20.4 Å². The summed E-state index contributed by atoms with van der Waals surface area (Å²) >= 11 is 0. The number of rotatable bonds is 8. The van der Waals surface area contributed by atoms with Crippen molar-refractivity contribution in [1.82, 2.24) is 5.32 Å². The topological polar surface area (TPSA) is 141 Å². The van der Waals surface area contributed by atoms with Crippen LogP contribution in [0, 0.1) is 0 Å². The van der Waals surface area contributed by atoms with Crippen molar-refractivity contribution in [3.63, 3.8) is 0 Å². The van der Waals surface area contributed by atoms with Gasteiger partial charge in [0, 0.05) is 19.2 Å². The van der Waals surface area contributed by atoms with Crippen molar-refractivity contribution in [1.29, 1.82) is 0 Å². The normalized spacial score (nSPS) is 15.4. The van der Waals surface area contributed by atoms with Gasteiger partial charge >= 0.3 is 11.9 Å². The highest BCUT2D eigenvalue weighted by molar-refractivity contribution is 7.58. The van der Waals surface area contributed by atoms with Gasteiger partial charge in [-0.2, -0.15) is 0 Å². The third-order valence-corrected chi connectivity index (χ3v) is 4.00. The number of aliphatic carboxylic acids is 2. The predicted molar refractivity (Wildman–Crippen MR) is 61.7 cm³/mol. The molecule has 0 aliphatic carbocycles. The number of carbonyl (C=O) groups excluding carboxylic acids is 1. The van der Waals surface area contributed by atoms with Gasteiger partial charge in [0.2, 0.25) is 13.3 Å². The van der Waals surface area contributed by atoms with Gasteiger partial charge in [-0.15, -0.1) is 0 Å². The minimum Gasteiger partial charge on any atom is -0.481 e. The fourth-order valence-electron chi connectivity index (χ4n) is 1.22. The lowest BCUT2D eigenvalue weighted by molar-refractivity contribution is -0.141. The molecule has 8 nitrogen and oxygen atoms in total. The number of nitrogens with one attached hydrogen (secondary N) is 1. The Morgan fingerprint density at radius 2 is 1.78 bits per heavy atom. The number of hydrogen-bond donors (Lipinski definition) is 4. The number of hydrogen-bond acceptors (Lipinski definition) is 4. The lowest BCUT2D eigenvalue weighted by Crippen LogP contribution is -2.40. The third kappa shape index (κ3) is 7.81.